The van der Waals surface area contributed by atoms with Gasteiger partial charge in [0.15, 0.2) is 0 Å². The predicted octanol–water partition coefficient (Wildman–Crippen LogP) is 2.18. The van der Waals surface area contributed by atoms with Crippen molar-refractivity contribution in [1.29, 1.82) is 0 Å². The second kappa shape index (κ2) is 3.93. The van der Waals surface area contributed by atoms with Crippen molar-refractivity contribution in [2.45, 2.75) is 6.92 Å². The lowest BCUT2D eigenvalue weighted by Gasteiger charge is -2.10. The first-order valence-electron chi connectivity index (χ1n) is 3.94. The fourth-order valence-electron chi connectivity index (χ4n) is 1.16. The molecule has 64 valence electrons. The predicted molar refractivity (Wildman–Crippen MR) is 54.0 cm³/mol. The summed E-state index contributed by atoms with van der Waals surface area (Å²) in [5.41, 5.74) is 9.39. The summed E-state index contributed by atoms with van der Waals surface area (Å²) in [6.45, 7) is 5.81. The van der Waals surface area contributed by atoms with Crippen LogP contribution in [0.3, 0.4) is 0 Å². The van der Waals surface area contributed by atoms with E-state index in [-0.39, 0.29) is 0 Å². The van der Waals surface area contributed by atoms with Gasteiger partial charge in [0.25, 0.3) is 0 Å². The van der Waals surface area contributed by atoms with E-state index in [0.29, 0.717) is 0 Å². The molecule has 2 nitrogen and oxygen atoms in total. The third-order valence-electron chi connectivity index (χ3n) is 1.77. The molecule has 0 aliphatic carbocycles. The Morgan fingerprint density at radius 1 is 1.42 bits per heavy atom. The van der Waals surface area contributed by atoms with Crippen molar-refractivity contribution in [3.8, 4) is 0 Å². The van der Waals surface area contributed by atoms with Gasteiger partial charge in [0.05, 0.1) is 5.69 Å². The van der Waals surface area contributed by atoms with Crippen LogP contribution in [0.15, 0.2) is 24.8 Å². The first-order valence-corrected chi connectivity index (χ1v) is 3.94. The van der Waals surface area contributed by atoms with Crippen molar-refractivity contribution in [2.75, 3.05) is 12.5 Å². The van der Waals surface area contributed by atoms with E-state index < -0.39 is 0 Å². The van der Waals surface area contributed by atoms with Gasteiger partial charge in [0.1, 0.15) is 0 Å². The van der Waals surface area contributed by atoms with E-state index in [1.165, 1.54) is 5.56 Å². The molecule has 1 aromatic carbocycles. The van der Waals surface area contributed by atoms with Gasteiger partial charge in [-0.1, -0.05) is 30.9 Å². The standard InChI is InChI=1S/C10H14N2/c1-4-9-7-5-6-8(2)10(9)12-11-3/h4-7,11-12H,1H2,2-3H3. The Hall–Kier alpha value is -1.28. The van der Waals surface area contributed by atoms with Crippen molar-refractivity contribution in [2.24, 2.45) is 0 Å². The third-order valence-corrected chi connectivity index (χ3v) is 1.77. The molecule has 2 N–H and O–H groups in total. The van der Waals surface area contributed by atoms with Gasteiger partial charge in [0.2, 0.25) is 0 Å². The summed E-state index contributed by atoms with van der Waals surface area (Å²) in [5, 5.41) is 0. The molecule has 12 heavy (non-hydrogen) atoms. The van der Waals surface area contributed by atoms with Crippen LogP contribution in [0.1, 0.15) is 11.1 Å². The summed E-state index contributed by atoms with van der Waals surface area (Å²) >= 11 is 0. The Labute approximate surface area is 73.3 Å². The van der Waals surface area contributed by atoms with E-state index in [1.807, 2.05) is 25.3 Å². The molecule has 0 heterocycles. The lowest BCUT2D eigenvalue weighted by Crippen LogP contribution is -2.16. The van der Waals surface area contributed by atoms with Crippen LogP contribution >= 0.6 is 0 Å². The minimum absolute atomic E-state index is 1.09. The normalized spacial score (nSPS) is 9.50. The van der Waals surface area contributed by atoms with Gasteiger partial charge in [0, 0.05) is 7.05 Å². The van der Waals surface area contributed by atoms with Gasteiger partial charge in [-0.3, -0.25) is 0 Å². The van der Waals surface area contributed by atoms with E-state index in [2.05, 4.69) is 30.4 Å². The highest BCUT2D eigenvalue weighted by atomic mass is 15.3. The molecule has 1 aromatic rings. The minimum Gasteiger partial charge on any atom is -0.321 e. The number of para-hydroxylation sites is 1. The monoisotopic (exact) mass is 162 g/mol. The average molecular weight is 162 g/mol. The van der Waals surface area contributed by atoms with Crippen LogP contribution < -0.4 is 10.9 Å². The zero-order chi connectivity index (χ0) is 8.97. The van der Waals surface area contributed by atoms with E-state index in [4.69, 9.17) is 0 Å². The van der Waals surface area contributed by atoms with Gasteiger partial charge >= 0.3 is 0 Å². The van der Waals surface area contributed by atoms with Crippen LogP contribution in [0.25, 0.3) is 6.08 Å². The highest BCUT2D eigenvalue weighted by molar-refractivity contribution is 5.68. The molecule has 0 bridgehead atoms. The highest BCUT2D eigenvalue weighted by Crippen LogP contribution is 2.20. The number of aryl methyl sites for hydroxylation is 1. The van der Waals surface area contributed by atoms with E-state index in [9.17, 15) is 0 Å². The lowest BCUT2D eigenvalue weighted by molar-refractivity contribution is 0.979. The molecule has 0 aliphatic heterocycles. The number of anilines is 1. The largest absolute Gasteiger partial charge is 0.321 e. The summed E-state index contributed by atoms with van der Waals surface area (Å²) < 4.78 is 0. The Morgan fingerprint density at radius 2 is 2.17 bits per heavy atom. The van der Waals surface area contributed by atoms with Crippen LogP contribution in [-0.2, 0) is 0 Å². The van der Waals surface area contributed by atoms with Gasteiger partial charge in [-0.25, -0.2) is 5.43 Å². The fraction of sp³-hybridized carbons (Fsp3) is 0.200. The Morgan fingerprint density at radius 3 is 2.75 bits per heavy atom. The van der Waals surface area contributed by atoms with Crippen molar-refractivity contribution in [1.82, 2.24) is 5.43 Å². The van der Waals surface area contributed by atoms with Crippen molar-refractivity contribution < 1.29 is 0 Å². The molecule has 0 aliphatic rings. The van der Waals surface area contributed by atoms with Gasteiger partial charge in [-0.15, -0.1) is 0 Å². The van der Waals surface area contributed by atoms with Gasteiger partial charge in [-0.2, -0.15) is 0 Å². The average Bonchev–Trinajstić information content (AvgIpc) is 2.09. The molecule has 0 atom stereocenters. The number of hydrogen-bond acceptors (Lipinski definition) is 2. The zero-order valence-electron chi connectivity index (χ0n) is 7.52. The number of hydrazine groups is 1. The van der Waals surface area contributed by atoms with E-state index in [0.717, 1.165) is 11.3 Å². The fourth-order valence-corrected chi connectivity index (χ4v) is 1.16. The molecule has 0 spiro atoms. The topological polar surface area (TPSA) is 24.1 Å². The molecular formula is C10H14N2. The Bertz CT molecular complexity index is 279. The van der Waals surface area contributed by atoms with Crippen LogP contribution in [0.4, 0.5) is 5.69 Å². The smallest absolute Gasteiger partial charge is 0.0588 e. The molecular weight excluding hydrogens is 148 g/mol. The van der Waals surface area contributed by atoms with Gasteiger partial charge < -0.3 is 5.43 Å². The zero-order valence-corrected chi connectivity index (χ0v) is 7.52. The first kappa shape index (κ1) is 8.81. The summed E-state index contributed by atoms with van der Waals surface area (Å²) in [7, 11) is 1.85. The SMILES string of the molecule is C=Cc1cccc(C)c1NNC. The maximum absolute atomic E-state index is 3.75. The summed E-state index contributed by atoms with van der Waals surface area (Å²) in [4.78, 5) is 0. The molecule has 0 saturated carbocycles. The molecule has 0 amide bonds. The lowest BCUT2D eigenvalue weighted by atomic mass is 10.1. The quantitative estimate of drug-likeness (QED) is 0.666. The Kier molecular flexibility index (Phi) is 2.88. The third kappa shape index (κ3) is 1.66. The summed E-state index contributed by atoms with van der Waals surface area (Å²) in [6.07, 6.45) is 1.84. The molecule has 0 radical (unpaired) electrons. The molecule has 0 unspecified atom stereocenters. The van der Waals surface area contributed by atoms with Crippen LogP contribution in [0.5, 0.6) is 0 Å². The van der Waals surface area contributed by atoms with Crippen molar-refractivity contribution >= 4 is 11.8 Å². The number of rotatable bonds is 3. The second-order valence-corrected chi connectivity index (χ2v) is 2.62. The minimum atomic E-state index is 1.09. The van der Waals surface area contributed by atoms with Gasteiger partial charge in [-0.05, 0) is 18.1 Å². The van der Waals surface area contributed by atoms with Crippen LogP contribution in [-0.4, -0.2) is 7.05 Å². The first-order chi connectivity index (χ1) is 5.79. The maximum Gasteiger partial charge on any atom is 0.0588 e. The second-order valence-electron chi connectivity index (χ2n) is 2.62. The summed E-state index contributed by atoms with van der Waals surface area (Å²) in [5.74, 6) is 0. The molecule has 0 aromatic heterocycles. The Balaban J connectivity index is 3.10. The number of benzene rings is 1. The van der Waals surface area contributed by atoms with E-state index in [1.54, 1.807) is 0 Å². The summed E-state index contributed by atoms with van der Waals surface area (Å²) in [6, 6.07) is 6.11. The van der Waals surface area contributed by atoms with Crippen LogP contribution in [0, 0.1) is 6.92 Å². The van der Waals surface area contributed by atoms with Crippen molar-refractivity contribution in [3.63, 3.8) is 0 Å². The van der Waals surface area contributed by atoms with Crippen LogP contribution in [0.2, 0.25) is 0 Å². The maximum atomic E-state index is 3.75. The number of hydrogen-bond donors (Lipinski definition) is 2. The molecule has 1 rings (SSSR count). The molecule has 2 heteroatoms. The van der Waals surface area contributed by atoms with E-state index >= 15 is 0 Å². The molecule has 0 fully saturated rings. The highest BCUT2D eigenvalue weighted by Gasteiger charge is 1.99. The number of nitrogens with one attached hydrogen (secondary N) is 2. The molecule has 0 saturated heterocycles. The van der Waals surface area contributed by atoms with Crippen molar-refractivity contribution in [3.05, 3.63) is 35.9 Å².